The topological polar surface area (TPSA) is 59.5 Å². The van der Waals surface area contributed by atoms with Crippen molar-refractivity contribution >= 4 is 11.3 Å². The van der Waals surface area contributed by atoms with Crippen molar-refractivity contribution in [2.75, 3.05) is 18.8 Å². The van der Waals surface area contributed by atoms with Crippen LogP contribution in [0.25, 0.3) is 5.65 Å². The molecule has 19 heavy (non-hydrogen) atoms. The normalized spacial score (nSPS) is 20.7. The summed E-state index contributed by atoms with van der Waals surface area (Å²) in [5.74, 6) is 1.70. The average Bonchev–Trinajstić information content (AvgIpc) is 2.98. The Balaban J connectivity index is 1.77. The van der Waals surface area contributed by atoms with E-state index >= 15 is 0 Å². The van der Waals surface area contributed by atoms with Crippen LogP contribution in [0.15, 0.2) is 18.3 Å². The lowest BCUT2D eigenvalue weighted by Gasteiger charge is -2.20. The number of anilines is 1. The summed E-state index contributed by atoms with van der Waals surface area (Å²) in [5.41, 5.74) is 7.47. The molecule has 3 heterocycles. The highest BCUT2D eigenvalue weighted by atomic mass is 15.2. The Labute approximate surface area is 113 Å². The van der Waals surface area contributed by atoms with Gasteiger partial charge in [-0.25, -0.2) is 0 Å². The van der Waals surface area contributed by atoms with E-state index in [1.165, 1.54) is 13.0 Å². The molecule has 2 aromatic heterocycles. The Bertz CT molecular complexity index is 574. The third-order valence-corrected chi connectivity index (χ3v) is 4.01. The summed E-state index contributed by atoms with van der Waals surface area (Å²) in [6.45, 7) is 6.88. The predicted molar refractivity (Wildman–Crippen MR) is 75.9 cm³/mol. The first-order valence-corrected chi connectivity index (χ1v) is 6.96. The summed E-state index contributed by atoms with van der Waals surface area (Å²) in [4.78, 5) is 2.53. The van der Waals surface area contributed by atoms with Gasteiger partial charge < -0.3 is 10.6 Å². The second kappa shape index (κ2) is 4.81. The van der Waals surface area contributed by atoms with Gasteiger partial charge in [0.1, 0.15) is 5.82 Å². The smallest absolute Gasteiger partial charge is 0.160 e. The van der Waals surface area contributed by atoms with Gasteiger partial charge in [-0.2, -0.15) is 0 Å². The van der Waals surface area contributed by atoms with Crippen LogP contribution in [0.3, 0.4) is 0 Å². The van der Waals surface area contributed by atoms with Gasteiger partial charge in [0.25, 0.3) is 0 Å². The molecule has 1 fully saturated rings. The number of aromatic nitrogens is 3. The average molecular weight is 259 g/mol. The lowest BCUT2D eigenvalue weighted by molar-refractivity contribution is 0.264. The molecule has 0 saturated carbocycles. The summed E-state index contributed by atoms with van der Waals surface area (Å²) in [7, 11) is 0. The van der Waals surface area contributed by atoms with Crippen molar-refractivity contribution in [1.82, 2.24) is 19.5 Å². The summed E-state index contributed by atoms with van der Waals surface area (Å²) >= 11 is 0. The monoisotopic (exact) mass is 259 g/mol. The van der Waals surface area contributed by atoms with E-state index in [1.807, 2.05) is 22.7 Å². The summed E-state index contributed by atoms with van der Waals surface area (Å²) in [6, 6.07) is 4.42. The molecule has 0 spiro atoms. The van der Waals surface area contributed by atoms with E-state index in [0.29, 0.717) is 12.0 Å². The Morgan fingerprint density at radius 1 is 1.37 bits per heavy atom. The van der Waals surface area contributed by atoms with Crippen molar-refractivity contribution in [2.24, 2.45) is 5.92 Å². The minimum atomic E-state index is 0.635. The van der Waals surface area contributed by atoms with Gasteiger partial charge in [0.15, 0.2) is 5.65 Å². The summed E-state index contributed by atoms with van der Waals surface area (Å²) in [5, 5.41) is 8.51. The Kier molecular flexibility index (Phi) is 3.14. The van der Waals surface area contributed by atoms with Crippen molar-refractivity contribution < 1.29 is 0 Å². The molecule has 1 aliphatic heterocycles. The Morgan fingerprint density at radius 2 is 2.21 bits per heavy atom. The molecule has 0 amide bonds. The van der Waals surface area contributed by atoms with Crippen LogP contribution in [0.2, 0.25) is 0 Å². The predicted octanol–water partition coefficient (Wildman–Crippen LogP) is 1.58. The molecule has 0 aliphatic carbocycles. The summed E-state index contributed by atoms with van der Waals surface area (Å²) in [6.07, 6.45) is 4.14. The molecule has 1 aliphatic rings. The highest BCUT2D eigenvalue weighted by molar-refractivity contribution is 5.47. The van der Waals surface area contributed by atoms with Gasteiger partial charge in [-0.05, 0) is 44.9 Å². The van der Waals surface area contributed by atoms with Crippen LogP contribution in [-0.2, 0) is 6.42 Å². The zero-order valence-corrected chi connectivity index (χ0v) is 11.6. The lowest BCUT2D eigenvalue weighted by atomic mass is 10.0. The fraction of sp³-hybridized carbons (Fsp3) is 0.571. The van der Waals surface area contributed by atoms with Crippen LogP contribution in [0.4, 0.5) is 5.69 Å². The van der Waals surface area contributed by atoms with Crippen molar-refractivity contribution in [2.45, 2.75) is 32.7 Å². The largest absolute Gasteiger partial charge is 0.398 e. The van der Waals surface area contributed by atoms with Crippen molar-refractivity contribution in [1.29, 1.82) is 0 Å². The highest BCUT2D eigenvalue weighted by Gasteiger charge is 2.25. The number of nitrogens with two attached hydrogens (primary N) is 1. The molecule has 3 rings (SSSR count). The van der Waals surface area contributed by atoms with Crippen LogP contribution in [0.5, 0.6) is 0 Å². The molecule has 2 N–H and O–H groups in total. The molecule has 2 aromatic rings. The Morgan fingerprint density at radius 3 is 2.95 bits per heavy atom. The first-order chi connectivity index (χ1) is 9.13. The van der Waals surface area contributed by atoms with Crippen LogP contribution < -0.4 is 5.73 Å². The van der Waals surface area contributed by atoms with Gasteiger partial charge in [-0.1, -0.05) is 0 Å². The second-order valence-corrected chi connectivity index (χ2v) is 5.75. The SMILES string of the molecule is CC(C)N1CCC(Cc2nnc3ccc(N)cn23)C1. The van der Waals surface area contributed by atoms with Gasteiger partial charge in [-0.15, -0.1) is 10.2 Å². The van der Waals surface area contributed by atoms with Crippen molar-refractivity contribution in [3.8, 4) is 0 Å². The lowest BCUT2D eigenvalue weighted by Crippen LogP contribution is -2.28. The molecule has 1 atom stereocenters. The maximum Gasteiger partial charge on any atom is 0.160 e. The number of likely N-dealkylation sites (tertiary alicyclic amines) is 1. The molecule has 0 bridgehead atoms. The van der Waals surface area contributed by atoms with Gasteiger partial charge in [0, 0.05) is 30.9 Å². The number of nitrogen functional groups attached to an aromatic ring is 1. The minimum absolute atomic E-state index is 0.635. The molecule has 102 valence electrons. The molecule has 0 radical (unpaired) electrons. The molecule has 5 heteroatoms. The first kappa shape index (κ1) is 12.4. The van der Waals surface area contributed by atoms with Crippen molar-refractivity contribution in [3.05, 3.63) is 24.2 Å². The third-order valence-electron chi connectivity index (χ3n) is 4.01. The van der Waals surface area contributed by atoms with E-state index in [4.69, 9.17) is 5.73 Å². The van der Waals surface area contributed by atoms with E-state index in [2.05, 4.69) is 28.9 Å². The van der Waals surface area contributed by atoms with Gasteiger partial charge in [0.05, 0.1) is 0 Å². The molecule has 1 saturated heterocycles. The van der Waals surface area contributed by atoms with Crippen LogP contribution in [0, 0.1) is 5.92 Å². The number of rotatable bonds is 3. The third kappa shape index (κ3) is 2.42. The number of hydrogen-bond acceptors (Lipinski definition) is 4. The number of fused-ring (bicyclic) bond motifs is 1. The maximum atomic E-state index is 5.84. The molecule has 5 nitrogen and oxygen atoms in total. The van der Waals surface area contributed by atoms with E-state index in [0.717, 1.165) is 30.1 Å². The van der Waals surface area contributed by atoms with Gasteiger partial charge in [-0.3, -0.25) is 4.40 Å². The first-order valence-electron chi connectivity index (χ1n) is 6.96. The number of nitrogens with zero attached hydrogens (tertiary/aromatic N) is 4. The van der Waals surface area contributed by atoms with E-state index in [-0.39, 0.29) is 0 Å². The molecular formula is C14H21N5. The van der Waals surface area contributed by atoms with Crippen molar-refractivity contribution in [3.63, 3.8) is 0 Å². The van der Waals surface area contributed by atoms with E-state index < -0.39 is 0 Å². The van der Waals surface area contributed by atoms with Crippen LogP contribution in [0.1, 0.15) is 26.1 Å². The van der Waals surface area contributed by atoms with E-state index in [9.17, 15) is 0 Å². The molecule has 0 aromatic carbocycles. The van der Waals surface area contributed by atoms with E-state index in [1.54, 1.807) is 0 Å². The molecule has 1 unspecified atom stereocenters. The van der Waals surface area contributed by atoms with Gasteiger partial charge in [0.2, 0.25) is 0 Å². The zero-order valence-electron chi connectivity index (χ0n) is 11.6. The highest BCUT2D eigenvalue weighted by Crippen LogP contribution is 2.22. The zero-order chi connectivity index (χ0) is 13.4. The summed E-state index contributed by atoms with van der Waals surface area (Å²) < 4.78 is 2.02. The maximum absolute atomic E-state index is 5.84. The quantitative estimate of drug-likeness (QED) is 0.909. The van der Waals surface area contributed by atoms with Crippen LogP contribution >= 0.6 is 0 Å². The fourth-order valence-electron chi connectivity index (χ4n) is 2.85. The minimum Gasteiger partial charge on any atom is -0.398 e. The van der Waals surface area contributed by atoms with Crippen LogP contribution in [-0.4, -0.2) is 38.6 Å². The number of pyridine rings is 1. The number of hydrogen-bond donors (Lipinski definition) is 1. The molecular weight excluding hydrogens is 238 g/mol. The second-order valence-electron chi connectivity index (χ2n) is 5.75. The Hall–Kier alpha value is -1.62. The fourth-order valence-corrected chi connectivity index (χ4v) is 2.85. The van der Waals surface area contributed by atoms with Gasteiger partial charge >= 0.3 is 0 Å². The standard InChI is InChI=1S/C14H21N5/c1-10(2)18-6-5-11(8-18)7-14-17-16-13-4-3-12(15)9-19(13)14/h3-4,9-11H,5-8,15H2,1-2H3.